The standard InChI is InChI=1S/C7H10N4O2S/c1-2-6(5-8)11-14(12,13)7-3-4-9-10-7/h3-4,6,11H,2H2,1H3,(H,9,10). The minimum absolute atomic E-state index is 0.0359. The summed E-state index contributed by atoms with van der Waals surface area (Å²) in [6.07, 6.45) is 1.76. The number of sulfonamides is 1. The van der Waals surface area contributed by atoms with E-state index in [4.69, 9.17) is 5.26 Å². The maximum Gasteiger partial charge on any atom is 0.258 e. The van der Waals surface area contributed by atoms with Crippen molar-refractivity contribution in [3.05, 3.63) is 12.3 Å². The SMILES string of the molecule is CCC(C#N)NS(=O)(=O)c1ccn[nH]1. The molecule has 1 rings (SSSR count). The molecule has 0 radical (unpaired) electrons. The monoisotopic (exact) mass is 214 g/mol. The molecule has 76 valence electrons. The van der Waals surface area contributed by atoms with E-state index in [1.165, 1.54) is 12.3 Å². The average Bonchev–Trinajstić information content (AvgIpc) is 2.67. The Morgan fingerprint density at radius 3 is 2.93 bits per heavy atom. The predicted octanol–water partition coefficient (Wildman–Crippen LogP) is -0.00982. The van der Waals surface area contributed by atoms with E-state index < -0.39 is 16.1 Å². The van der Waals surface area contributed by atoms with Gasteiger partial charge in [0.15, 0.2) is 5.03 Å². The van der Waals surface area contributed by atoms with Crippen LogP contribution in [0.5, 0.6) is 0 Å². The lowest BCUT2D eigenvalue weighted by molar-refractivity contribution is 0.565. The molecule has 0 bridgehead atoms. The molecule has 6 nitrogen and oxygen atoms in total. The van der Waals surface area contributed by atoms with Crippen molar-refractivity contribution in [1.29, 1.82) is 5.26 Å². The Morgan fingerprint density at radius 2 is 2.50 bits per heavy atom. The van der Waals surface area contributed by atoms with Crippen LogP contribution in [0.25, 0.3) is 0 Å². The highest BCUT2D eigenvalue weighted by Gasteiger charge is 2.19. The third-order valence-corrected chi connectivity index (χ3v) is 3.03. The van der Waals surface area contributed by atoms with Gasteiger partial charge in [-0.15, -0.1) is 0 Å². The average molecular weight is 214 g/mol. The molecule has 0 fully saturated rings. The molecule has 0 spiro atoms. The van der Waals surface area contributed by atoms with Crippen molar-refractivity contribution in [2.45, 2.75) is 24.4 Å². The van der Waals surface area contributed by atoms with E-state index in [1.807, 2.05) is 6.07 Å². The maximum absolute atomic E-state index is 11.5. The van der Waals surface area contributed by atoms with Crippen molar-refractivity contribution in [2.75, 3.05) is 0 Å². The fourth-order valence-corrected chi connectivity index (χ4v) is 1.98. The van der Waals surface area contributed by atoms with Crippen LogP contribution >= 0.6 is 0 Å². The van der Waals surface area contributed by atoms with E-state index in [0.29, 0.717) is 6.42 Å². The number of nitriles is 1. The Balaban J connectivity index is 2.84. The Bertz CT molecular complexity index is 417. The zero-order chi connectivity index (χ0) is 10.6. The Morgan fingerprint density at radius 1 is 1.79 bits per heavy atom. The molecule has 1 heterocycles. The van der Waals surface area contributed by atoms with Crippen molar-refractivity contribution < 1.29 is 8.42 Å². The van der Waals surface area contributed by atoms with Crippen LogP contribution in [0.2, 0.25) is 0 Å². The van der Waals surface area contributed by atoms with Gasteiger partial charge >= 0.3 is 0 Å². The molecule has 0 aliphatic heterocycles. The van der Waals surface area contributed by atoms with Crippen LogP contribution in [0.4, 0.5) is 0 Å². The molecule has 14 heavy (non-hydrogen) atoms. The van der Waals surface area contributed by atoms with Crippen molar-refractivity contribution in [3.63, 3.8) is 0 Å². The van der Waals surface area contributed by atoms with Gasteiger partial charge in [0.1, 0.15) is 6.04 Å². The van der Waals surface area contributed by atoms with Crippen LogP contribution in [0.3, 0.4) is 0 Å². The first-order valence-electron chi connectivity index (χ1n) is 4.01. The highest BCUT2D eigenvalue weighted by Crippen LogP contribution is 2.04. The molecule has 0 saturated heterocycles. The quantitative estimate of drug-likeness (QED) is 0.736. The molecule has 0 aliphatic rings. The van der Waals surface area contributed by atoms with Crippen LogP contribution < -0.4 is 4.72 Å². The van der Waals surface area contributed by atoms with Crippen LogP contribution in [0, 0.1) is 11.3 Å². The molecule has 0 aromatic carbocycles. The van der Waals surface area contributed by atoms with Crippen LogP contribution in [-0.2, 0) is 10.0 Å². The summed E-state index contributed by atoms with van der Waals surface area (Å²) in [5.41, 5.74) is 0. The lowest BCUT2D eigenvalue weighted by Crippen LogP contribution is -2.33. The fraction of sp³-hybridized carbons (Fsp3) is 0.429. The first kappa shape index (κ1) is 10.7. The minimum Gasteiger partial charge on any atom is -0.266 e. The number of nitrogens with zero attached hydrogens (tertiary/aromatic N) is 2. The van der Waals surface area contributed by atoms with Crippen LogP contribution in [0.15, 0.2) is 17.3 Å². The number of aromatic amines is 1. The molecule has 1 unspecified atom stereocenters. The fourth-order valence-electron chi connectivity index (χ4n) is 0.845. The van der Waals surface area contributed by atoms with Crippen LogP contribution in [-0.4, -0.2) is 24.7 Å². The number of aromatic nitrogens is 2. The Hall–Kier alpha value is -1.39. The first-order chi connectivity index (χ1) is 6.60. The molecular weight excluding hydrogens is 204 g/mol. The number of H-pyrrole nitrogens is 1. The summed E-state index contributed by atoms with van der Waals surface area (Å²) in [6, 6.07) is 2.47. The number of hydrogen-bond acceptors (Lipinski definition) is 4. The highest BCUT2D eigenvalue weighted by atomic mass is 32.2. The molecule has 1 aromatic heterocycles. The number of nitrogens with one attached hydrogen (secondary N) is 2. The molecule has 2 N–H and O–H groups in total. The van der Waals surface area contributed by atoms with Gasteiger partial charge in [0.05, 0.1) is 12.3 Å². The molecule has 0 aliphatic carbocycles. The summed E-state index contributed by atoms with van der Waals surface area (Å²) in [4.78, 5) is 0. The zero-order valence-electron chi connectivity index (χ0n) is 7.56. The Labute approximate surface area is 82.0 Å². The summed E-state index contributed by atoms with van der Waals surface area (Å²) < 4.78 is 25.2. The van der Waals surface area contributed by atoms with Gasteiger partial charge in [-0.05, 0) is 12.5 Å². The van der Waals surface area contributed by atoms with Gasteiger partial charge in [-0.25, -0.2) is 8.42 Å². The van der Waals surface area contributed by atoms with Crippen LogP contribution in [0.1, 0.15) is 13.3 Å². The van der Waals surface area contributed by atoms with Gasteiger partial charge < -0.3 is 0 Å². The third kappa shape index (κ3) is 2.31. The second-order valence-electron chi connectivity index (χ2n) is 2.63. The summed E-state index contributed by atoms with van der Waals surface area (Å²) in [5.74, 6) is 0. The lowest BCUT2D eigenvalue weighted by atomic mass is 10.3. The first-order valence-corrected chi connectivity index (χ1v) is 5.49. The van der Waals surface area contributed by atoms with E-state index in [0.717, 1.165) is 0 Å². The van der Waals surface area contributed by atoms with E-state index in [1.54, 1.807) is 6.92 Å². The van der Waals surface area contributed by atoms with Crippen molar-refractivity contribution in [1.82, 2.24) is 14.9 Å². The third-order valence-electron chi connectivity index (χ3n) is 1.63. The molecule has 1 aromatic rings. The van der Waals surface area contributed by atoms with Gasteiger partial charge in [-0.3, -0.25) is 5.10 Å². The smallest absolute Gasteiger partial charge is 0.258 e. The molecule has 1 atom stereocenters. The predicted molar refractivity (Wildman–Crippen MR) is 48.6 cm³/mol. The van der Waals surface area contributed by atoms with Crippen molar-refractivity contribution >= 4 is 10.0 Å². The van der Waals surface area contributed by atoms with Crippen molar-refractivity contribution in [3.8, 4) is 6.07 Å². The summed E-state index contributed by atoms with van der Waals surface area (Å²) in [6.45, 7) is 1.73. The van der Waals surface area contributed by atoms with Crippen molar-refractivity contribution in [2.24, 2.45) is 0 Å². The van der Waals surface area contributed by atoms with E-state index in [2.05, 4.69) is 14.9 Å². The molecular formula is C7H10N4O2S. The lowest BCUT2D eigenvalue weighted by Gasteiger charge is -2.07. The highest BCUT2D eigenvalue weighted by molar-refractivity contribution is 7.89. The topological polar surface area (TPSA) is 98.6 Å². The number of hydrogen-bond donors (Lipinski definition) is 2. The minimum atomic E-state index is -3.63. The normalized spacial score (nSPS) is 13.4. The van der Waals surface area contributed by atoms with E-state index >= 15 is 0 Å². The van der Waals surface area contributed by atoms with Gasteiger partial charge in [0.2, 0.25) is 0 Å². The largest absolute Gasteiger partial charge is 0.266 e. The summed E-state index contributed by atoms with van der Waals surface area (Å²) >= 11 is 0. The van der Waals surface area contributed by atoms with E-state index in [-0.39, 0.29) is 5.03 Å². The zero-order valence-corrected chi connectivity index (χ0v) is 8.37. The van der Waals surface area contributed by atoms with Gasteiger partial charge in [0, 0.05) is 0 Å². The maximum atomic E-state index is 11.5. The second-order valence-corrected chi connectivity index (χ2v) is 4.31. The summed E-state index contributed by atoms with van der Waals surface area (Å²) in [7, 11) is -3.63. The second kappa shape index (κ2) is 4.21. The van der Waals surface area contributed by atoms with Gasteiger partial charge in [0.25, 0.3) is 10.0 Å². The number of rotatable bonds is 4. The Kier molecular flexibility index (Phi) is 3.22. The summed E-state index contributed by atoms with van der Waals surface area (Å²) in [5, 5.41) is 14.4. The molecule has 7 heteroatoms. The molecule has 0 amide bonds. The van der Waals surface area contributed by atoms with E-state index in [9.17, 15) is 8.42 Å². The van der Waals surface area contributed by atoms with Gasteiger partial charge in [-0.2, -0.15) is 15.1 Å². The van der Waals surface area contributed by atoms with Gasteiger partial charge in [-0.1, -0.05) is 6.92 Å². The molecule has 0 saturated carbocycles.